The highest BCUT2D eigenvalue weighted by atomic mass is 32.2. The van der Waals surface area contributed by atoms with Crippen molar-refractivity contribution < 1.29 is 13.2 Å². The Balaban J connectivity index is 1.62. The summed E-state index contributed by atoms with van der Waals surface area (Å²) in [6, 6.07) is 6.74. The standard InChI is InChI=1S/C21H23N7O3S/c1-14-5-6-15(32(2,30)31)11-16(14)18-12-24-20-19(22)26-17(13-28(18)20)21(29)23-7-3-9-27-10-4-8-25-27/h4-6,8,10-13H,3,7,9H2,1-2H3,(H2,22,26)(H,23,29). The van der Waals surface area contributed by atoms with Crippen LogP contribution in [0.15, 0.2) is 53.9 Å². The summed E-state index contributed by atoms with van der Waals surface area (Å²) in [5, 5.41) is 6.96. The largest absolute Gasteiger partial charge is 0.381 e. The molecule has 0 spiro atoms. The predicted octanol–water partition coefficient (Wildman–Crippen LogP) is 1.71. The summed E-state index contributed by atoms with van der Waals surface area (Å²) in [5.74, 6) is -0.252. The van der Waals surface area contributed by atoms with Crippen molar-refractivity contribution in [2.24, 2.45) is 0 Å². The Morgan fingerprint density at radius 2 is 2.09 bits per heavy atom. The first-order valence-electron chi connectivity index (χ1n) is 9.94. The molecule has 10 nitrogen and oxygen atoms in total. The zero-order valence-corrected chi connectivity index (χ0v) is 18.5. The lowest BCUT2D eigenvalue weighted by Crippen LogP contribution is -2.27. The van der Waals surface area contributed by atoms with E-state index in [-0.39, 0.29) is 22.3 Å². The topological polar surface area (TPSA) is 137 Å². The molecule has 32 heavy (non-hydrogen) atoms. The van der Waals surface area contributed by atoms with Crippen molar-refractivity contribution in [3.63, 3.8) is 0 Å². The van der Waals surface area contributed by atoms with Gasteiger partial charge >= 0.3 is 0 Å². The van der Waals surface area contributed by atoms with E-state index >= 15 is 0 Å². The maximum atomic E-state index is 12.7. The fourth-order valence-electron chi connectivity index (χ4n) is 3.39. The lowest BCUT2D eigenvalue weighted by atomic mass is 10.1. The van der Waals surface area contributed by atoms with Crippen LogP contribution in [0.1, 0.15) is 22.5 Å². The molecule has 0 aliphatic rings. The number of nitrogen functional groups attached to an aromatic ring is 1. The van der Waals surface area contributed by atoms with Gasteiger partial charge in [0.05, 0.1) is 16.8 Å². The van der Waals surface area contributed by atoms with E-state index < -0.39 is 9.84 Å². The molecule has 4 rings (SSSR count). The number of carbonyl (C=O) groups is 1. The Bertz CT molecular complexity index is 1390. The molecule has 0 saturated carbocycles. The van der Waals surface area contributed by atoms with Crippen LogP contribution in [0.25, 0.3) is 16.9 Å². The van der Waals surface area contributed by atoms with Gasteiger partial charge in [-0.2, -0.15) is 5.10 Å². The normalized spacial score (nSPS) is 11.7. The molecule has 1 aromatic carbocycles. The molecule has 3 aromatic heterocycles. The summed E-state index contributed by atoms with van der Waals surface area (Å²) in [7, 11) is -3.38. The predicted molar refractivity (Wildman–Crippen MR) is 120 cm³/mol. The molecule has 0 aliphatic heterocycles. The van der Waals surface area contributed by atoms with E-state index in [1.165, 1.54) is 0 Å². The molecule has 0 bridgehead atoms. The van der Waals surface area contributed by atoms with Crippen molar-refractivity contribution in [2.45, 2.75) is 24.8 Å². The van der Waals surface area contributed by atoms with Crippen LogP contribution >= 0.6 is 0 Å². The number of fused-ring (bicyclic) bond motifs is 1. The van der Waals surface area contributed by atoms with Crippen molar-refractivity contribution in [2.75, 3.05) is 18.5 Å². The second-order valence-electron chi connectivity index (χ2n) is 7.48. The van der Waals surface area contributed by atoms with E-state index in [1.54, 1.807) is 45.9 Å². The number of amides is 1. The van der Waals surface area contributed by atoms with Crippen molar-refractivity contribution in [1.29, 1.82) is 0 Å². The smallest absolute Gasteiger partial charge is 0.271 e. The first-order chi connectivity index (χ1) is 15.2. The molecule has 4 aromatic rings. The van der Waals surface area contributed by atoms with Gasteiger partial charge in [-0.15, -0.1) is 0 Å². The van der Waals surface area contributed by atoms with Gasteiger partial charge in [0, 0.05) is 43.5 Å². The zero-order valence-electron chi connectivity index (χ0n) is 17.7. The number of aromatic nitrogens is 5. The minimum atomic E-state index is -3.38. The van der Waals surface area contributed by atoms with E-state index in [4.69, 9.17) is 5.73 Å². The van der Waals surface area contributed by atoms with E-state index in [9.17, 15) is 13.2 Å². The number of sulfone groups is 1. The Kier molecular flexibility index (Phi) is 5.66. The molecule has 0 radical (unpaired) electrons. The molecule has 0 aliphatic carbocycles. The Morgan fingerprint density at radius 1 is 1.28 bits per heavy atom. The number of hydrogen-bond acceptors (Lipinski definition) is 7. The number of carbonyl (C=O) groups excluding carboxylic acids is 1. The first kappa shape index (κ1) is 21.5. The van der Waals surface area contributed by atoms with E-state index in [1.807, 2.05) is 19.2 Å². The van der Waals surface area contributed by atoms with Gasteiger partial charge in [0.25, 0.3) is 5.91 Å². The van der Waals surface area contributed by atoms with Gasteiger partial charge in [-0.05, 0) is 37.1 Å². The molecule has 3 heterocycles. The maximum absolute atomic E-state index is 12.7. The number of rotatable bonds is 7. The molecule has 3 N–H and O–H groups in total. The van der Waals surface area contributed by atoms with Crippen LogP contribution in [-0.2, 0) is 16.4 Å². The molecule has 166 valence electrons. The molecule has 0 atom stereocenters. The van der Waals surface area contributed by atoms with Crippen molar-refractivity contribution in [3.8, 4) is 11.3 Å². The molecule has 11 heteroatoms. The zero-order chi connectivity index (χ0) is 22.9. The quantitative estimate of drug-likeness (QED) is 0.406. The summed E-state index contributed by atoms with van der Waals surface area (Å²) in [4.78, 5) is 21.4. The number of anilines is 1. The Hall–Kier alpha value is -3.73. The van der Waals surface area contributed by atoms with Gasteiger partial charge in [-0.3, -0.25) is 13.9 Å². The number of nitrogens with one attached hydrogen (secondary N) is 1. The summed E-state index contributed by atoms with van der Waals surface area (Å²) in [5.41, 5.74) is 8.75. The average molecular weight is 454 g/mol. The number of aryl methyl sites for hydroxylation is 2. The minimum Gasteiger partial charge on any atom is -0.381 e. The summed E-state index contributed by atoms with van der Waals surface area (Å²) >= 11 is 0. The maximum Gasteiger partial charge on any atom is 0.271 e. The molecular weight excluding hydrogens is 430 g/mol. The molecular formula is C21H23N7O3S. The van der Waals surface area contributed by atoms with Gasteiger partial charge in [0.15, 0.2) is 21.3 Å². The number of imidazole rings is 1. The van der Waals surface area contributed by atoms with Gasteiger partial charge in [-0.25, -0.2) is 18.4 Å². The Labute approximate surface area is 185 Å². The number of hydrogen-bond donors (Lipinski definition) is 2. The lowest BCUT2D eigenvalue weighted by Gasteiger charge is -2.10. The first-order valence-corrected chi connectivity index (χ1v) is 11.8. The number of nitrogens with two attached hydrogens (primary N) is 1. The van der Waals surface area contributed by atoms with Crippen LogP contribution in [0.2, 0.25) is 0 Å². The molecule has 0 unspecified atom stereocenters. The highest BCUT2D eigenvalue weighted by Gasteiger charge is 2.17. The third-order valence-electron chi connectivity index (χ3n) is 5.07. The van der Waals surface area contributed by atoms with Gasteiger partial charge in [0.2, 0.25) is 0 Å². The highest BCUT2D eigenvalue weighted by Crippen LogP contribution is 2.28. The van der Waals surface area contributed by atoms with E-state index in [0.29, 0.717) is 36.4 Å². The SMILES string of the molecule is Cc1ccc(S(C)(=O)=O)cc1-c1cnc2c(N)nc(C(=O)NCCCn3cccn3)cn12. The summed E-state index contributed by atoms with van der Waals surface area (Å²) in [6.07, 6.45) is 8.58. The van der Waals surface area contributed by atoms with Crippen molar-refractivity contribution in [1.82, 2.24) is 29.5 Å². The van der Waals surface area contributed by atoms with Gasteiger partial charge < -0.3 is 11.1 Å². The monoisotopic (exact) mass is 453 g/mol. The third-order valence-corrected chi connectivity index (χ3v) is 6.18. The van der Waals surface area contributed by atoms with Crippen LogP contribution < -0.4 is 11.1 Å². The molecule has 0 saturated heterocycles. The second-order valence-corrected chi connectivity index (χ2v) is 9.49. The lowest BCUT2D eigenvalue weighted by molar-refractivity contribution is 0.0947. The fraction of sp³-hybridized carbons (Fsp3) is 0.238. The van der Waals surface area contributed by atoms with Crippen LogP contribution in [0.5, 0.6) is 0 Å². The molecule has 1 amide bonds. The number of benzene rings is 1. The second kappa shape index (κ2) is 8.42. The van der Waals surface area contributed by atoms with Crippen molar-refractivity contribution >= 4 is 27.2 Å². The average Bonchev–Trinajstić information content (AvgIpc) is 3.40. The summed E-state index contributed by atoms with van der Waals surface area (Å²) in [6.45, 7) is 3.01. The van der Waals surface area contributed by atoms with E-state index in [2.05, 4.69) is 20.4 Å². The highest BCUT2D eigenvalue weighted by molar-refractivity contribution is 7.90. The minimum absolute atomic E-state index is 0.109. The van der Waals surface area contributed by atoms with Gasteiger partial charge in [-0.1, -0.05) is 6.07 Å². The third kappa shape index (κ3) is 4.33. The van der Waals surface area contributed by atoms with Crippen LogP contribution in [-0.4, -0.2) is 51.3 Å². The van der Waals surface area contributed by atoms with Crippen LogP contribution in [0.4, 0.5) is 5.82 Å². The van der Waals surface area contributed by atoms with Crippen molar-refractivity contribution in [3.05, 3.63) is 60.3 Å². The fourth-order valence-corrected chi connectivity index (χ4v) is 4.04. The van der Waals surface area contributed by atoms with E-state index in [0.717, 1.165) is 11.8 Å². The van der Waals surface area contributed by atoms with Gasteiger partial charge in [0.1, 0.15) is 5.69 Å². The Morgan fingerprint density at radius 3 is 2.81 bits per heavy atom. The van der Waals surface area contributed by atoms with Crippen LogP contribution in [0, 0.1) is 6.92 Å². The van der Waals surface area contributed by atoms with Crippen LogP contribution in [0.3, 0.4) is 0 Å². The summed E-state index contributed by atoms with van der Waals surface area (Å²) < 4.78 is 27.5. The molecule has 0 fully saturated rings. The number of nitrogens with zero attached hydrogens (tertiary/aromatic N) is 5.